The molecule has 1 unspecified atom stereocenters. The van der Waals surface area contributed by atoms with Gasteiger partial charge in [0.15, 0.2) is 0 Å². The fourth-order valence-electron chi connectivity index (χ4n) is 3.38. The number of hydrogen-bond acceptors (Lipinski definition) is 2. The molecule has 0 bridgehead atoms. The van der Waals surface area contributed by atoms with E-state index in [9.17, 15) is 9.59 Å². The highest BCUT2D eigenvalue weighted by molar-refractivity contribution is 5.87. The number of nitrogens with zero attached hydrogens (tertiary/aromatic N) is 1. The zero-order valence-electron chi connectivity index (χ0n) is 13.9. The van der Waals surface area contributed by atoms with Crippen LogP contribution in [0.2, 0.25) is 0 Å². The number of amides is 3. The Kier molecular flexibility index (Phi) is 4.99. The first-order valence-electron chi connectivity index (χ1n) is 8.43. The summed E-state index contributed by atoms with van der Waals surface area (Å²) in [6.45, 7) is 3.13. The molecule has 126 valence electrons. The molecule has 0 saturated carbocycles. The Labute approximate surface area is 142 Å². The molecule has 2 aromatic rings. The van der Waals surface area contributed by atoms with Crippen LogP contribution in [0.1, 0.15) is 31.4 Å². The van der Waals surface area contributed by atoms with E-state index in [-0.39, 0.29) is 18.0 Å². The molecule has 0 radical (unpaired) electrons. The molecule has 0 aliphatic carbocycles. The molecule has 1 aliphatic rings. The van der Waals surface area contributed by atoms with E-state index in [0.717, 1.165) is 19.4 Å². The first-order valence-corrected chi connectivity index (χ1v) is 8.43. The van der Waals surface area contributed by atoms with E-state index >= 15 is 0 Å². The van der Waals surface area contributed by atoms with Crippen LogP contribution < -0.4 is 10.6 Å². The Morgan fingerprint density at radius 3 is 2.67 bits per heavy atom. The van der Waals surface area contributed by atoms with Gasteiger partial charge in [0, 0.05) is 26.6 Å². The van der Waals surface area contributed by atoms with Gasteiger partial charge < -0.3 is 15.5 Å². The zero-order chi connectivity index (χ0) is 16.9. The molecule has 1 saturated heterocycles. The average Bonchev–Trinajstić information content (AvgIpc) is 3.07. The Hall–Kier alpha value is -2.56. The summed E-state index contributed by atoms with van der Waals surface area (Å²) in [5.41, 5.74) is 1.21. The van der Waals surface area contributed by atoms with Crippen molar-refractivity contribution in [3.8, 4) is 0 Å². The number of carbonyl (C=O) groups excluding carboxylic acids is 2. The number of hydrogen-bond donors (Lipinski definition) is 2. The lowest BCUT2D eigenvalue weighted by Crippen LogP contribution is -2.42. The Morgan fingerprint density at radius 2 is 1.83 bits per heavy atom. The molecule has 3 rings (SSSR count). The summed E-state index contributed by atoms with van der Waals surface area (Å²) in [7, 11) is 0. The number of fused-ring (bicyclic) bond motifs is 1. The molecule has 2 N–H and O–H groups in total. The predicted octanol–water partition coefficient (Wildman–Crippen LogP) is 2.82. The van der Waals surface area contributed by atoms with Gasteiger partial charge in [0.05, 0.1) is 6.04 Å². The monoisotopic (exact) mass is 325 g/mol. The Balaban J connectivity index is 1.73. The van der Waals surface area contributed by atoms with Crippen molar-refractivity contribution in [2.75, 3.05) is 19.6 Å². The third-order valence-electron chi connectivity index (χ3n) is 4.47. The minimum Gasteiger partial charge on any atom is -0.355 e. The highest BCUT2D eigenvalue weighted by atomic mass is 16.2. The number of rotatable bonds is 4. The fourth-order valence-corrected chi connectivity index (χ4v) is 3.38. The highest BCUT2D eigenvalue weighted by Crippen LogP contribution is 2.35. The standard InChI is InChI=1S/C19H23N3O2/c1-14(23)20-11-12-21-19(24)22-13-5-10-18(22)17-9-4-7-15-6-2-3-8-16(15)17/h2-4,6-9,18H,5,10-13H2,1H3,(H,20,23)(H,21,24). The molecule has 1 fully saturated rings. The summed E-state index contributed by atoms with van der Waals surface area (Å²) in [5.74, 6) is -0.0842. The summed E-state index contributed by atoms with van der Waals surface area (Å²) >= 11 is 0. The van der Waals surface area contributed by atoms with Crippen molar-refractivity contribution in [2.45, 2.75) is 25.8 Å². The van der Waals surface area contributed by atoms with Gasteiger partial charge >= 0.3 is 6.03 Å². The molecule has 1 atom stereocenters. The van der Waals surface area contributed by atoms with E-state index in [4.69, 9.17) is 0 Å². The van der Waals surface area contributed by atoms with E-state index in [0.29, 0.717) is 13.1 Å². The van der Waals surface area contributed by atoms with E-state index < -0.39 is 0 Å². The van der Waals surface area contributed by atoms with E-state index in [1.807, 2.05) is 17.0 Å². The van der Waals surface area contributed by atoms with E-state index in [2.05, 4.69) is 41.0 Å². The highest BCUT2D eigenvalue weighted by Gasteiger charge is 2.30. The van der Waals surface area contributed by atoms with Gasteiger partial charge in [-0.2, -0.15) is 0 Å². The number of likely N-dealkylation sites (tertiary alicyclic amines) is 1. The van der Waals surface area contributed by atoms with Gasteiger partial charge in [0.25, 0.3) is 0 Å². The SMILES string of the molecule is CC(=O)NCCNC(=O)N1CCCC1c1cccc2ccccc12. The van der Waals surface area contributed by atoms with Crippen molar-refractivity contribution in [1.29, 1.82) is 0 Å². The molecular weight excluding hydrogens is 302 g/mol. The third-order valence-corrected chi connectivity index (χ3v) is 4.47. The number of nitrogens with one attached hydrogen (secondary N) is 2. The number of carbonyl (C=O) groups is 2. The van der Waals surface area contributed by atoms with Gasteiger partial charge in [-0.05, 0) is 29.2 Å². The second-order valence-electron chi connectivity index (χ2n) is 6.13. The Bertz CT molecular complexity index is 739. The number of benzene rings is 2. The van der Waals surface area contributed by atoms with Crippen LogP contribution in [0.5, 0.6) is 0 Å². The lowest BCUT2D eigenvalue weighted by atomic mass is 9.97. The van der Waals surface area contributed by atoms with Crippen molar-refractivity contribution >= 4 is 22.7 Å². The van der Waals surface area contributed by atoms with Crippen LogP contribution in [0.25, 0.3) is 10.8 Å². The second-order valence-corrected chi connectivity index (χ2v) is 6.13. The molecule has 24 heavy (non-hydrogen) atoms. The third kappa shape index (κ3) is 3.50. The zero-order valence-corrected chi connectivity index (χ0v) is 13.9. The maximum atomic E-state index is 12.5. The topological polar surface area (TPSA) is 61.4 Å². The Morgan fingerprint density at radius 1 is 1.08 bits per heavy atom. The summed E-state index contributed by atoms with van der Waals surface area (Å²) in [6, 6.07) is 14.6. The van der Waals surface area contributed by atoms with Crippen molar-refractivity contribution in [3.05, 3.63) is 48.0 Å². The van der Waals surface area contributed by atoms with Gasteiger partial charge in [-0.3, -0.25) is 4.79 Å². The van der Waals surface area contributed by atoms with Crippen molar-refractivity contribution in [1.82, 2.24) is 15.5 Å². The van der Waals surface area contributed by atoms with Gasteiger partial charge in [0.2, 0.25) is 5.91 Å². The normalized spacial score (nSPS) is 17.0. The maximum Gasteiger partial charge on any atom is 0.317 e. The van der Waals surface area contributed by atoms with Crippen molar-refractivity contribution < 1.29 is 9.59 Å². The lowest BCUT2D eigenvalue weighted by Gasteiger charge is -2.26. The molecule has 2 aromatic carbocycles. The number of urea groups is 1. The first-order chi connectivity index (χ1) is 11.7. The lowest BCUT2D eigenvalue weighted by molar-refractivity contribution is -0.118. The fraction of sp³-hybridized carbons (Fsp3) is 0.368. The van der Waals surface area contributed by atoms with Crippen LogP contribution in [0.3, 0.4) is 0 Å². The second kappa shape index (κ2) is 7.34. The van der Waals surface area contributed by atoms with Gasteiger partial charge in [-0.15, -0.1) is 0 Å². The molecule has 3 amide bonds. The van der Waals surface area contributed by atoms with Crippen LogP contribution in [-0.2, 0) is 4.79 Å². The van der Waals surface area contributed by atoms with Crippen molar-refractivity contribution in [3.63, 3.8) is 0 Å². The molecular formula is C19H23N3O2. The molecule has 1 aliphatic heterocycles. The van der Waals surface area contributed by atoms with E-state index in [1.54, 1.807) is 0 Å². The predicted molar refractivity (Wildman–Crippen MR) is 94.7 cm³/mol. The molecule has 5 heteroatoms. The summed E-state index contributed by atoms with van der Waals surface area (Å²) < 4.78 is 0. The maximum absolute atomic E-state index is 12.5. The van der Waals surface area contributed by atoms with Crippen LogP contribution in [0.15, 0.2) is 42.5 Å². The summed E-state index contributed by atoms with van der Waals surface area (Å²) in [4.78, 5) is 25.3. The molecule has 0 aromatic heterocycles. The quantitative estimate of drug-likeness (QED) is 0.849. The molecule has 5 nitrogen and oxygen atoms in total. The van der Waals surface area contributed by atoms with Crippen LogP contribution >= 0.6 is 0 Å². The largest absolute Gasteiger partial charge is 0.355 e. The van der Waals surface area contributed by atoms with Crippen LogP contribution in [0, 0.1) is 0 Å². The first kappa shape index (κ1) is 16.3. The van der Waals surface area contributed by atoms with Gasteiger partial charge in [-0.25, -0.2) is 4.79 Å². The van der Waals surface area contributed by atoms with Crippen LogP contribution in [0.4, 0.5) is 4.79 Å². The minimum atomic E-state index is -0.0842. The van der Waals surface area contributed by atoms with Crippen LogP contribution in [-0.4, -0.2) is 36.5 Å². The smallest absolute Gasteiger partial charge is 0.317 e. The van der Waals surface area contributed by atoms with E-state index in [1.165, 1.54) is 23.3 Å². The van der Waals surface area contributed by atoms with Crippen molar-refractivity contribution in [2.24, 2.45) is 0 Å². The van der Waals surface area contributed by atoms with Gasteiger partial charge in [-0.1, -0.05) is 42.5 Å². The summed E-state index contributed by atoms with van der Waals surface area (Å²) in [5, 5.41) is 8.00. The minimum absolute atomic E-state index is 0.0595. The van der Waals surface area contributed by atoms with Gasteiger partial charge in [0.1, 0.15) is 0 Å². The average molecular weight is 325 g/mol. The summed E-state index contributed by atoms with van der Waals surface area (Å²) in [6.07, 6.45) is 1.99. The molecule has 1 heterocycles. The molecule has 0 spiro atoms.